The minimum Gasteiger partial charge on any atom is -0.322 e. The number of carbonyl (C=O) groups is 1. The first-order valence-corrected chi connectivity index (χ1v) is 8.65. The fourth-order valence-corrected chi connectivity index (χ4v) is 2.84. The van der Waals surface area contributed by atoms with Gasteiger partial charge in [-0.15, -0.1) is 0 Å². The fourth-order valence-electron chi connectivity index (χ4n) is 2.56. The number of aromatic nitrogens is 1. The van der Waals surface area contributed by atoms with Crippen molar-refractivity contribution in [3.63, 3.8) is 0 Å². The first-order valence-electron chi connectivity index (χ1n) is 8.27. The Hall–Kier alpha value is -3.07. The van der Waals surface area contributed by atoms with Gasteiger partial charge in [-0.3, -0.25) is 9.78 Å². The first-order chi connectivity index (χ1) is 13.9. The molecule has 2 aromatic carbocycles. The van der Waals surface area contributed by atoms with Crippen molar-refractivity contribution in [2.45, 2.75) is 12.4 Å². The van der Waals surface area contributed by atoms with Gasteiger partial charge in [0, 0.05) is 23.0 Å². The highest BCUT2D eigenvalue weighted by atomic mass is 35.5. The van der Waals surface area contributed by atoms with Crippen LogP contribution < -0.4 is 5.32 Å². The van der Waals surface area contributed by atoms with E-state index in [1.165, 1.54) is 36.4 Å². The zero-order valence-electron chi connectivity index (χ0n) is 14.8. The van der Waals surface area contributed by atoms with Crippen LogP contribution in [0.25, 0.3) is 11.3 Å². The SMILES string of the molecule is O=C(Nc1cccc(C(F)(F)F)c1)c1ccc(-c2ncc(C(F)(F)F)cc2Cl)cc1. The van der Waals surface area contributed by atoms with Crippen LogP contribution >= 0.6 is 11.6 Å². The highest BCUT2D eigenvalue weighted by Gasteiger charge is 2.32. The van der Waals surface area contributed by atoms with Gasteiger partial charge in [-0.2, -0.15) is 26.3 Å². The van der Waals surface area contributed by atoms with Crippen molar-refractivity contribution in [2.24, 2.45) is 0 Å². The second kappa shape index (κ2) is 7.98. The lowest BCUT2D eigenvalue weighted by atomic mass is 10.1. The van der Waals surface area contributed by atoms with Gasteiger partial charge in [0.1, 0.15) is 0 Å². The molecule has 3 aromatic rings. The molecule has 156 valence electrons. The molecule has 1 aromatic heterocycles. The number of anilines is 1. The number of carbonyl (C=O) groups excluding carboxylic acids is 1. The molecule has 0 saturated heterocycles. The molecule has 0 aliphatic rings. The average molecular weight is 445 g/mol. The van der Waals surface area contributed by atoms with Crippen LogP contribution in [-0.4, -0.2) is 10.9 Å². The van der Waals surface area contributed by atoms with Crippen molar-refractivity contribution < 1.29 is 31.1 Å². The molecule has 0 bridgehead atoms. The lowest BCUT2D eigenvalue weighted by Gasteiger charge is -2.11. The molecule has 0 aliphatic heterocycles. The van der Waals surface area contributed by atoms with E-state index in [1.54, 1.807) is 0 Å². The molecule has 1 amide bonds. The fraction of sp³-hybridized carbons (Fsp3) is 0.100. The van der Waals surface area contributed by atoms with E-state index < -0.39 is 29.4 Å². The Balaban J connectivity index is 1.78. The van der Waals surface area contributed by atoms with Crippen LogP contribution in [0.3, 0.4) is 0 Å². The third-order valence-corrected chi connectivity index (χ3v) is 4.32. The summed E-state index contributed by atoms with van der Waals surface area (Å²) < 4.78 is 76.4. The molecular formula is C20H11ClF6N2O. The van der Waals surface area contributed by atoms with E-state index in [-0.39, 0.29) is 22.0 Å². The van der Waals surface area contributed by atoms with Crippen LogP contribution in [-0.2, 0) is 12.4 Å². The Morgan fingerprint density at radius 2 is 1.50 bits per heavy atom. The smallest absolute Gasteiger partial charge is 0.322 e. The van der Waals surface area contributed by atoms with Gasteiger partial charge in [-0.1, -0.05) is 29.8 Å². The predicted molar refractivity (Wildman–Crippen MR) is 99.1 cm³/mol. The summed E-state index contributed by atoms with van der Waals surface area (Å²) >= 11 is 5.90. The van der Waals surface area contributed by atoms with Crippen molar-refractivity contribution in [2.75, 3.05) is 5.32 Å². The summed E-state index contributed by atoms with van der Waals surface area (Å²) in [6, 6.07) is 10.5. The van der Waals surface area contributed by atoms with E-state index >= 15 is 0 Å². The molecule has 30 heavy (non-hydrogen) atoms. The summed E-state index contributed by atoms with van der Waals surface area (Å²) in [5.41, 5.74) is -1.35. The number of amides is 1. The Bertz CT molecular complexity index is 1080. The maximum Gasteiger partial charge on any atom is 0.417 e. The molecule has 0 radical (unpaired) electrons. The molecule has 3 rings (SSSR count). The second-order valence-electron chi connectivity index (χ2n) is 6.16. The summed E-state index contributed by atoms with van der Waals surface area (Å²) in [6.45, 7) is 0. The first kappa shape index (κ1) is 21.6. The second-order valence-corrected chi connectivity index (χ2v) is 6.57. The molecular weight excluding hydrogens is 434 g/mol. The Morgan fingerprint density at radius 3 is 2.07 bits per heavy atom. The molecule has 1 N–H and O–H groups in total. The number of nitrogens with one attached hydrogen (secondary N) is 1. The van der Waals surface area contributed by atoms with Crippen molar-refractivity contribution >= 4 is 23.2 Å². The maximum atomic E-state index is 12.8. The van der Waals surface area contributed by atoms with E-state index in [9.17, 15) is 31.1 Å². The van der Waals surface area contributed by atoms with Crippen molar-refractivity contribution in [3.05, 3.63) is 82.5 Å². The van der Waals surface area contributed by atoms with Crippen LogP contribution in [0.5, 0.6) is 0 Å². The highest BCUT2D eigenvalue weighted by Crippen LogP contribution is 2.34. The van der Waals surface area contributed by atoms with Crippen LogP contribution in [0.4, 0.5) is 32.0 Å². The van der Waals surface area contributed by atoms with Crippen LogP contribution in [0.15, 0.2) is 60.8 Å². The van der Waals surface area contributed by atoms with E-state index in [2.05, 4.69) is 10.3 Å². The molecule has 0 unspecified atom stereocenters. The predicted octanol–water partition coefficient (Wildman–Crippen LogP) is 6.69. The summed E-state index contributed by atoms with van der Waals surface area (Å²) in [6.07, 6.45) is -8.48. The van der Waals surface area contributed by atoms with E-state index in [0.29, 0.717) is 11.8 Å². The van der Waals surface area contributed by atoms with Gasteiger partial charge in [-0.05, 0) is 36.4 Å². The monoisotopic (exact) mass is 444 g/mol. The van der Waals surface area contributed by atoms with Crippen molar-refractivity contribution in [1.82, 2.24) is 4.98 Å². The Morgan fingerprint density at radius 1 is 0.867 bits per heavy atom. The maximum absolute atomic E-state index is 12.8. The number of pyridine rings is 1. The minimum absolute atomic E-state index is 0.0358. The van der Waals surface area contributed by atoms with Crippen LogP contribution in [0, 0.1) is 0 Å². The highest BCUT2D eigenvalue weighted by molar-refractivity contribution is 6.33. The van der Waals surface area contributed by atoms with Gasteiger partial charge in [0.05, 0.1) is 21.8 Å². The molecule has 0 atom stereocenters. The van der Waals surface area contributed by atoms with Gasteiger partial charge < -0.3 is 5.32 Å². The summed E-state index contributed by atoms with van der Waals surface area (Å²) in [7, 11) is 0. The quantitative estimate of drug-likeness (QED) is 0.457. The normalized spacial score (nSPS) is 12.0. The number of alkyl halides is 6. The van der Waals surface area contributed by atoms with E-state index in [1.807, 2.05) is 0 Å². The summed E-state index contributed by atoms with van der Waals surface area (Å²) in [4.78, 5) is 16.0. The van der Waals surface area contributed by atoms with Gasteiger partial charge in [0.2, 0.25) is 0 Å². The number of hydrogen-bond donors (Lipinski definition) is 1. The summed E-state index contributed by atoms with van der Waals surface area (Å²) in [5, 5.41) is 2.14. The number of rotatable bonds is 3. The molecule has 0 aliphatic carbocycles. The van der Waals surface area contributed by atoms with Crippen molar-refractivity contribution in [3.8, 4) is 11.3 Å². The minimum atomic E-state index is -4.58. The van der Waals surface area contributed by atoms with Crippen molar-refractivity contribution in [1.29, 1.82) is 0 Å². The number of hydrogen-bond acceptors (Lipinski definition) is 2. The van der Waals surface area contributed by atoms with Gasteiger partial charge in [-0.25, -0.2) is 0 Å². The summed E-state index contributed by atoms with van der Waals surface area (Å²) in [5.74, 6) is -0.660. The molecule has 1 heterocycles. The third-order valence-electron chi connectivity index (χ3n) is 4.04. The molecule has 3 nitrogen and oxygen atoms in total. The molecule has 0 saturated carbocycles. The number of nitrogens with zero attached hydrogens (tertiary/aromatic N) is 1. The lowest BCUT2D eigenvalue weighted by molar-refractivity contribution is -0.138. The standard InChI is InChI=1S/C20H11ClF6N2O/c21-16-9-14(20(25,26)27)10-28-17(16)11-4-6-12(7-5-11)18(30)29-15-3-1-2-13(8-15)19(22,23)24/h1-10H,(H,29,30). The van der Waals surface area contributed by atoms with Gasteiger partial charge in [0.15, 0.2) is 0 Å². The molecule has 0 fully saturated rings. The van der Waals surface area contributed by atoms with Gasteiger partial charge in [0.25, 0.3) is 5.91 Å². The largest absolute Gasteiger partial charge is 0.417 e. The van der Waals surface area contributed by atoms with Crippen LogP contribution in [0.2, 0.25) is 5.02 Å². The number of benzene rings is 2. The van der Waals surface area contributed by atoms with E-state index in [0.717, 1.165) is 18.2 Å². The lowest BCUT2D eigenvalue weighted by Crippen LogP contribution is -2.13. The third kappa shape index (κ3) is 4.91. The molecule has 0 spiro atoms. The topological polar surface area (TPSA) is 42.0 Å². The Kier molecular flexibility index (Phi) is 5.76. The Labute approximate surface area is 171 Å². The molecule has 10 heteroatoms. The van der Waals surface area contributed by atoms with E-state index in [4.69, 9.17) is 11.6 Å². The zero-order valence-corrected chi connectivity index (χ0v) is 15.5. The number of halogens is 7. The zero-order chi connectivity index (χ0) is 22.1. The van der Waals surface area contributed by atoms with Gasteiger partial charge >= 0.3 is 12.4 Å². The van der Waals surface area contributed by atoms with Crippen LogP contribution in [0.1, 0.15) is 21.5 Å². The average Bonchev–Trinajstić information content (AvgIpc) is 2.67.